The van der Waals surface area contributed by atoms with Gasteiger partial charge in [-0.2, -0.15) is 0 Å². The molecule has 264 valence electrons. The number of fused-ring (bicyclic) bond motifs is 8. The quantitative estimate of drug-likeness (QED) is 0.0970. The van der Waals surface area contributed by atoms with E-state index in [1.165, 1.54) is 0 Å². The second-order valence-corrected chi connectivity index (χ2v) is 15.6. The number of ether oxygens (including phenoxy) is 1. The summed E-state index contributed by atoms with van der Waals surface area (Å²) in [6.07, 6.45) is 0. The first-order chi connectivity index (χ1) is 24.8. The Hall–Kier alpha value is -5.39. The second kappa shape index (κ2) is 12.1. The molecule has 0 bridgehead atoms. The zero-order chi connectivity index (χ0) is 36.2. The first-order valence-electron chi connectivity index (χ1n) is 17.3. The molecular weight excluding hydrogens is 844 g/mol. The van der Waals surface area contributed by atoms with Gasteiger partial charge in [0.2, 0.25) is 0 Å². The molecule has 0 amide bonds. The van der Waals surface area contributed by atoms with Gasteiger partial charge < -0.3 is 13.6 Å². The molecule has 0 fully saturated rings. The zero-order valence-corrected chi connectivity index (χ0v) is 32.3. The second-order valence-electron chi connectivity index (χ2n) is 15.6. The Morgan fingerprint density at radius 2 is 1.02 bits per heavy atom. The van der Waals surface area contributed by atoms with E-state index >= 15 is 0 Å². The summed E-state index contributed by atoms with van der Waals surface area (Å²) in [7, 11) is 0. The van der Waals surface area contributed by atoms with Crippen molar-refractivity contribution in [2.24, 2.45) is 0 Å². The van der Waals surface area contributed by atoms with Gasteiger partial charge in [0, 0.05) is 44.1 Å². The van der Waals surface area contributed by atoms with Crippen LogP contribution in [0.1, 0.15) is 75.2 Å². The molecular formula is C45H34N2O5Pt. The minimum absolute atomic E-state index is 0. The summed E-state index contributed by atoms with van der Waals surface area (Å²) >= 11 is 0. The van der Waals surface area contributed by atoms with Gasteiger partial charge in [0.1, 0.15) is 16.9 Å². The van der Waals surface area contributed by atoms with Crippen molar-refractivity contribution >= 4 is 43.7 Å². The maximum absolute atomic E-state index is 13.3. The van der Waals surface area contributed by atoms with E-state index in [4.69, 9.17) is 23.5 Å². The Morgan fingerprint density at radius 1 is 0.585 bits per heavy atom. The number of benzene rings is 4. The SMILES string of the molecule is CC(C)(C)c1ccc2c(c1)C(c1ccc3c(=O)oc4ccc[c-]c4c3n1)(c1ccc3c(=O)oc4ccc[c-]c4c3n1)c1cc(C(C)(C)C)ccc1O2.[Pt+2]. The Bertz CT molecular complexity index is 2710. The van der Waals surface area contributed by atoms with Crippen LogP contribution >= 0.6 is 0 Å². The maximum atomic E-state index is 13.3. The molecule has 8 aromatic rings. The Labute approximate surface area is 319 Å². The van der Waals surface area contributed by atoms with Crippen molar-refractivity contribution in [2.75, 3.05) is 0 Å². The van der Waals surface area contributed by atoms with Crippen molar-refractivity contribution in [3.05, 3.63) is 164 Å². The predicted octanol–water partition coefficient (Wildman–Crippen LogP) is 9.68. The van der Waals surface area contributed by atoms with Crippen LogP contribution in [0.3, 0.4) is 0 Å². The molecule has 0 spiro atoms. The number of rotatable bonds is 2. The monoisotopic (exact) mass is 877 g/mol. The molecule has 4 aromatic heterocycles. The minimum atomic E-state index is -1.19. The van der Waals surface area contributed by atoms with Crippen LogP contribution in [-0.4, -0.2) is 9.97 Å². The van der Waals surface area contributed by atoms with E-state index in [9.17, 15) is 9.59 Å². The molecule has 8 heteroatoms. The van der Waals surface area contributed by atoms with E-state index in [0.717, 1.165) is 22.3 Å². The summed E-state index contributed by atoms with van der Waals surface area (Å²) in [4.78, 5) is 37.5. The molecule has 4 aromatic carbocycles. The number of hydrogen-bond acceptors (Lipinski definition) is 7. The molecule has 53 heavy (non-hydrogen) atoms. The fraction of sp³-hybridized carbons (Fsp3) is 0.200. The van der Waals surface area contributed by atoms with Gasteiger partial charge in [0.05, 0.1) is 11.4 Å². The molecule has 0 radical (unpaired) electrons. The molecule has 5 heterocycles. The average Bonchev–Trinajstić information content (AvgIpc) is 3.12. The Morgan fingerprint density at radius 3 is 1.43 bits per heavy atom. The standard InChI is InChI=1S/C45H34N2O5.Pt/c1-43(2,3)25-15-19-35-31(23-25)45(32-24-26(44(4,5)6)16-20-36(32)50-35,37-21-17-29-39(46-37)27-11-7-9-13-33(27)51-41(29)48)38-22-18-30-40(47-38)28-12-8-10-14-34(28)52-42(30)49;/h7-10,13-24H,1-6H3;/q-2;+2. The van der Waals surface area contributed by atoms with Crippen LogP contribution < -0.4 is 16.0 Å². The smallest absolute Gasteiger partial charge is 0.472 e. The summed E-state index contributed by atoms with van der Waals surface area (Å²) in [6, 6.07) is 37.1. The van der Waals surface area contributed by atoms with Gasteiger partial charge in [-0.05, 0) is 58.4 Å². The van der Waals surface area contributed by atoms with Crippen molar-refractivity contribution in [1.29, 1.82) is 0 Å². The summed E-state index contributed by atoms with van der Waals surface area (Å²) in [5.74, 6) is 1.31. The number of pyridine rings is 2. The number of hydrogen-bond donors (Lipinski definition) is 0. The third-order valence-electron chi connectivity index (χ3n) is 10.2. The van der Waals surface area contributed by atoms with Gasteiger partial charge in [-0.15, -0.1) is 48.5 Å². The van der Waals surface area contributed by atoms with Crippen LogP contribution in [0.4, 0.5) is 0 Å². The van der Waals surface area contributed by atoms with Crippen molar-refractivity contribution in [2.45, 2.75) is 57.8 Å². The van der Waals surface area contributed by atoms with Gasteiger partial charge in [-0.1, -0.05) is 76.6 Å². The van der Waals surface area contributed by atoms with Crippen molar-refractivity contribution in [3.63, 3.8) is 0 Å². The molecule has 0 unspecified atom stereocenters. The third kappa shape index (κ3) is 5.27. The van der Waals surface area contributed by atoms with Gasteiger partial charge in [0.25, 0.3) is 0 Å². The Balaban J connectivity index is 0.00000400. The van der Waals surface area contributed by atoms with Crippen LogP contribution in [0, 0.1) is 12.1 Å². The van der Waals surface area contributed by atoms with Crippen molar-refractivity contribution < 1.29 is 34.6 Å². The zero-order valence-electron chi connectivity index (χ0n) is 30.0. The van der Waals surface area contributed by atoms with Gasteiger partial charge in [-0.25, -0.2) is 9.59 Å². The molecule has 0 N–H and O–H groups in total. The van der Waals surface area contributed by atoms with Crippen molar-refractivity contribution in [3.8, 4) is 11.5 Å². The molecule has 1 aliphatic heterocycles. The molecule has 7 nitrogen and oxygen atoms in total. The summed E-state index contributed by atoms with van der Waals surface area (Å²) < 4.78 is 18.1. The predicted molar refractivity (Wildman–Crippen MR) is 203 cm³/mol. The summed E-state index contributed by atoms with van der Waals surface area (Å²) in [5, 5.41) is 1.88. The van der Waals surface area contributed by atoms with Crippen LogP contribution in [0.2, 0.25) is 0 Å². The van der Waals surface area contributed by atoms with Crippen LogP contribution in [0.5, 0.6) is 11.5 Å². The summed E-state index contributed by atoms with van der Waals surface area (Å²) in [5.41, 5.74) is 4.26. The largest absolute Gasteiger partial charge is 2.00 e. The Kier molecular flexibility index (Phi) is 7.90. The van der Waals surface area contributed by atoms with Crippen LogP contribution in [-0.2, 0) is 37.3 Å². The van der Waals surface area contributed by atoms with Crippen LogP contribution in [0.25, 0.3) is 43.7 Å². The van der Waals surface area contributed by atoms with Gasteiger partial charge in [0.15, 0.2) is 0 Å². The minimum Gasteiger partial charge on any atom is -0.472 e. The maximum Gasteiger partial charge on any atom is 2.00 e. The van der Waals surface area contributed by atoms with Crippen molar-refractivity contribution in [1.82, 2.24) is 9.97 Å². The van der Waals surface area contributed by atoms with E-state index in [0.29, 0.717) is 66.6 Å². The van der Waals surface area contributed by atoms with Gasteiger partial charge >= 0.3 is 32.3 Å². The molecule has 0 saturated carbocycles. The van der Waals surface area contributed by atoms with Crippen LogP contribution in [0.15, 0.2) is 115 Å². The number of nitrogens with zero attached hydrogens (tertiary/aromatic N) is 2. The first-order valence-corrected chi connectivity index (χ1v) is 17.3. The molecule has 1 aliphatic rings. The fourth-order valence-electron chi connectivity index (χ4n) is 7.44. The molecule has 0 saturated heterocycles. The van der Waals surface area contributed by atoms with E-state index in [1.807, 2.05) is 24.3 Å². The third-order valence-corrected chi connectivity index (χ3v) is 10.2. The van der Waals surface area contributed by atoms with Gasteiger partial charge in [-0.3, -0.25) is 9.97 Å². The van der Waals surface area contributed by atoms with E-state index in [1.54, 1.807) is 48.5 Å². The average molecular weight is 878 g/mol. The van der Waals surface area contributed by atoms with E-state index in [2.05, 4.69) is 77.9 Å². The van der Waals surface area contributed by atoms with E-state index in [-0.39, 0.29) is 31.9 Å². The topological polar surface area (TPSA) is 95.4 Å². The first kappa shape index (κ1) is 34.7. The normalized spacial score (nSPS) is 13.8. The molecule has 0 aliphatic carbocycles. The molecule has 0 atom stereocenters. The number of aromatic nitrogens is 2. The fourth-order valence-corrected chi connectivity index (χ4v) is 7.44. The molecule has 9 rings (SSSR count). The summed E-state index contributed by atoms with van der Waals surface area (Å²) in [6.45, 7) is 13.1. The van der Waals surface area contributed by atoms with E-state index < -0.39 is 16.7 Å².